The quantitative estimate of drug-likeness (QED) is 0.0522. The number of fused-ring (bicyclic) bond motifs is 1. The molecule has 0 radical (unpaired) electrons. The Morgan fingerprint density at radius 3 is 2.10 bits per heavy atom. The van der Waals surface area contributed by atoms with Crippen molar-refractivity contribution in [2.24, 2.45) is 5.10 Å². The van der Waals surface area contributed by atoms with Crippen LogP contribution >= 0.6 is 23.2 Å². The van der Waals surface area contributed by atoms with Crippen LogP contribution in [0.3, 0.4) is 0 Å². The molecule has 3 aromatic carbocycles. The van der Waals surface area contributed by atoms with E-state index in [1.54, 1.807) is 12.1 Å². The molecule has 5 nitrogen and oxygen atoms in total. The standard InChI is InChI=1S/C34H42Cl2N2O3/c1-2-3-4-5-6-7-8-9-10-11-12-13-14-19-33(39)38-37-25-30-28-18-16-15-17-26(28)20-23-32(30)41-34(40)29-22-21-27(35)24-31(29)36/h15-18,20-25H,2-14,19H2,1H3,(H,38,39)/b37-25+. The van der Waals surface area contributed by atoms with Gasteiger partial charge < -0.3 is 4.74 Å². The number of halogens is 2. The maximum atomic E-state index is 12.9. The molecule has 41 heavy (non-hydrogen) atoms. The van der Waals surface area contributed by atoms with Crippen LogP contribution in [0.2, 0.25) is 10.0 Å². The number of hydrogen-bond donors (Lipinski definition) is 1. The zero-order chi connectivity index (χ0) is 29.3. The van der Waals surface area contributed by atoms with Gasteiger partial charge in [-0.3, -0.25) is 4.79 Å². The van der Waals surface area contributed by atoms with Crippen LogP contribution in [0.5, 0.6) is 5.75 Å². The molecule has 0 saturated heterocycles. The number of ether oxygens (including phenoxy) is 1. The average Bonchev–Trinajstić information content (AvgIpc) is 2.96. The molecule has 0 atom stereocenters. The molecule has 0 aliphatic rings. The van der Waals surface area contributed by atoms with Crippen molar-refractivity contribution in [3.8, 4) is 5.75 Å². The summed E-state index contributed by atoms with van der Waals surface area (Å²) in [6.07, 6.45) is 18.4. The van der Waals surface area contributed by atoms with Gasteiger partial charge in [-0.1, -0.05) is 138 Å². The first-order chi connectivity index (χ1) is 20.0. The molecule has 0 unspecified atom stereocenters. The summed E-state index contributed by atoms with van der Waals surface area (Å²) in [6, 6.07) is 15.9. The SMILES string of the molecule is CCCCCCCCCCCCCCCC(=O)N/N=C/c1c(OC(=O)c2ccc(Cl)cc2Cl)ccc2ccccc12. The largest absolute Gasteiger partial charge is 0.422 e. The van der Waals surface area contributed by atoms with Crippen LogP contribution in [0.4, 0.5) is 0 Å². The van der Waals surface area contributed by atoms with Gasteiger partial charge in [0.1, 0.15) is 5.75 Å². The van der Waals surface area contributed by atoms with Crippen LogP contribution in [0.25, 0.3) is 10.8 Å². The molecule has 0 aliphatic heterocycles. The van der Waals surface area contributed by atoms with E-state index in [9.17, 15) is 9.59 Å². The number of nitrogens with one attached hydrogen (secondary N) is 1. The lowest BCUT2D eigenvalue weighted by atomic mass is 10.0. The third kappa shape index (κ3) is 11.5. The highest BCUT2D eigenvalue weighted by atomic mass is 35.5. The summed E-state index contributed by atoms with van der Waals surface area (Å²) in [5, 5.41) is 6.62. The number of hydrazone groups is 1. The number of benzene rings is 3. The van der Waals surface area contributed by atoms with Crippen LogP contribution < -0.4 is 10.2 Å². The van der Waals surface area contributed by atoms with Crippen LogP contribution in [0.15, 0.2) is 59.7 Å². The van der Waals surface area contributed by atoms with Crippen LogP contribution in [-0.2, 0) is 4.79 Å². The number of unbranched alkanes of at least 4 members (excludes halogenated alkanes) is 12. The van der Waals surface area contributed by atoms with Gasteiger partial charge in [-0.25, -0.2) is 10.2 Å². The maximum Gasteiger partial charge on any atom is 0.345 e. The van der Waals surface area contributed by atoms with E-state index >= 15 is 0 Å². The number of rotatable bonds is 18. The molecule has 7 heteroatoms. The summed E-state index contributed by atoms with van der Waals surface area (Å²) in [7, 11) is 0. The number of carbonyl (C=O) groups is 2. The molecule has 3 rings (SSSR count). The van der Waals surface area contributed by atoms with E-state index in [1.807, 2.05) is 30.3 Å². The summed E-state index contributed by atoms with van der Waals surface area (Å²) in [5.41, 5.74) is 3.41. The van der Waals surface area contributed by atoms with E-state index in [-0.39, 0.29) is 16.5 Å². The van der Waals surface area contributed by atoms with Gasteiger partial charge in [0, 0.05) is 17.0 Å². The molecule has 1 amide bonds. The molecule has 1 N–H and O–H groups in total. The molecule has 0 saturated carbocycles. The Morgan fingerprint density at radius 2 is 1.44 bits per heavy atom. The van der Waals surface area contributed by atoms with E-state index in [1.165, 1.54) is 82.6 Å². The minimum atomic E-state index is -0.608. The Hall–Kier alpha value is -2.89. The summed E-state index contributed by atoms with van der Waals surface area (Å²) < 4.78 is 5.70. The molecule has 0 spiro atoms. The number of esters is 1. The molecule has 0 aliphatic carbocycles. The number of carbonyl (C=O) groups excluding carboxylic acids is 2. The van der Waals surface area contributed by atoms with Crippen LogP contribution in [0.1, 0.15) is 113 Å². The fourth-order valence-electron chi connectivity index (χ4n) is 4.84. The second kappa shape index (κ2) is 18.5. The third-order valence-corrected chi connectivity index (χ3v) is 7.72. The normalized spacial score (nSPS) is 11.3. The Balaban J connectivity index is 1.44. The van der Waals surface area contributed by atoms with Gasteiger partial charge in [-0.15, -0.1) is 0 Å². The smallest absolute Gasteiger partial charge is 0.345 e. The number of amides is 1. The van der Waals surface area contributed by atoms with Gasteiger partial charge in [-0.05, 0) is 41.5 Å². The Kier molecular flexibility index (Phi) is 14.7. The molecule has 0 fully saturated rings. The maximum absolute atomic E-state index is 12.9. The van der Waals surface area contributed by atoms with E-state index in [2.05, 4.69) is 17.5 Å². The Morgan fingerprint density at radius 1 is 0.805 bits per heavy atom. The van der Waals surface area contributed by atoms with Gasteiger partial charge in [0.25, 0.3) is 0 Å². The van der Waals surface area contributed by atoms with Crippen molar-refractivity contribution in [1.29, 1.82) is 0 Å². The Bertz CT molecular complexity index is 1290. The highest BCUT2D eigenvalue weighted by molar-refractivity contribution is 6.36. The van der Waals surface area contributed by atoms with Gasteiger partial charge in [-0.2, -0.15) is 5.10 Å². The minimum Gasteiger partial charge on any atom is -0.422 e. The van der Waals surface area contributed by atoms with Crippen LogP contribution in [-0.4, -0.2) is 18.1 Å². The van der Waals surface area contributed by atoms with Crippen molar-refractivity contribution in [2.45, 2.75) is 96.8 Å². The van der Waals surface area contributed by atoms with Crippen LogP contribution in [0, 0.1) is 0 Å². The molecule has 0 bridgehead atoms. The van der Waals surface area contributed by atoms with Gasteiger partial charge in [0.05, 0.1) is 16.8 Å². The predicted molar refractivity (Wildman–Crippen MR) is 171 cm³/mol. The molecule has 3 aromatic rings. The lowest BCUT2D eigenvalue weighted by molar-refractivity contribution is -0.121. The fourth-order valence-corrected chi connectivity index (χ4v) is 5.32. The van der Waals surface area contributed by atoms with Crippen molar-refractivity contribution in [3.63, 3.8) is 0 Å². The summed E-state index contributed by atoms with van der Waals surface area (Å²) >= 11 is 12.2. The topological polar surface area (TPSA) is 67.8 Å². The molecule has 0 aromatic heterocycles. The first kappa shape index (κ1) is 32.6. The van der Waals surface area contributed by atoms with Crippen molar-refractivity contribution >= 4 is 52.1 Å². The predicted octanol–water partition coefficient (Wildman–Crippen LogP) is 10.3. The van der Waals surface area contributed by atoms with Crippen molar-refractivity contribution in [1.82, 2.24) is 5.43 Å². The highest BCUT2D eigenvalue weighted by Crippen LogP contribution is 2.29. The van der Waals surface area contributed by atoms with Crippen molar-refractivity contribution in [2.75, 3.05) is 0 Å². The second-order valence-corrected chi connectivity index (χ2v) is 11.3. The van der Waals surface area contributed by atoms with E-state index in [0.717, 1.165) is 30.0 Å². The third-order valence-electron chi connectivity index (χ3n) is 7.17. The van der Waals surface area contributed by atoms with E-state index in [0.29, 0.717) is 22.8 Å². The zero-order valence-electron chi connectivity index (χ0n) is 24.1. The van der Waals surface area contributed by atoms with Crippen molar-refractivity contribution < 1.29 is 14.3 Å². The second-order valence-electron chi connectivity index (χ2n) is 10.5. The van der Waals surface area contributed by atoms with E-state index in [4.69, 9.17) is 27.9 Å². The lowest BCUT2D eigenvalue weighted by Gasteiger charge is -2.11. The average molecular weight is 598 g/mol. The number of hydrogen-bond acceptors (Lipinski definition) is 4. The molecule has 220 valence electrons. The monoisotopic (exact) mass is 596 g/mol. The Labute approximate surface area is 254 Å². The fraction of sp³-hybridized carbons (Fsp3) is 0.441. The van der Waals surface area contributed by atoms with Crippen molar-refractivity contribution in [3.05, 3.63) is 75.8 Å². The first-order valence-corrected chi connectivity index (χ1v) is 15.8. The van der Waals surface area contributed by atoms with E-state index < -0.39 is 5.97 Å². The van der Waals surface area contributed by atoms with Gasteiger partial charge in [0.2, 0.25) is 5.91 Å². The van der Waals surface area contributed by atoms with Gasteiger partial charge >= 0.3 is 5.97 Å². The first-order valence-electron chi connectivity index (χ1n) is 15.0. The summed E-state index contributed by atoms with van der Waals surface area (Å²) in [4.78, 5) is 25.2. The molecular weight excluding hydrogens is 555 g/mol. The zero-order valence-corrected chi connectivity index (χ0v) is 25.6. The summed E-state index contributed by atoms with van der Waals surface area (Å²) in [5.74, 6) is -0.423. The highest BCUT2D eigenvalue weighted by Gasteiger charge is 2.16. The van der Waals surface area contributed by atoms with Gasteiger partial charge in [0.15, 0.2) is 0 Å². The summed E-state index contributed by atoms with van der Waals surface area (Å²) in [6.45, 7) is 2.26. The molecular formula is C34H42Cl2N2O3. The number of nitrogens with zero attached hydrogens (tertiary/aromatic N) is 1. The minimum absolute atomic E-state index is 0.129. The molecule has 0 heterocycles. The lowest BCUT2D eigenvalue weighted by Crippen LogP contribution is -2.17.